The average Bonchev–Trinajstić information content (AvgIpc) is 2.89. The molecule has 2 amide bonds. The molecule has 0 aromatic rings. The van der Waals surface area contributed by atoms with Crippen LogP contribution in [0.2, 0.25) is 0 Å². The molecule has 3 rings (SSSR count). The first kappa shape index (κ1) is 6.60. The van der Waals surface area contributed by atoms with Crippen LogP contribution < -0.4 is 0 Å². The normalized spacial score (nSPS) is 43.3. The van der Waals surface area contributed by atoms with Crippen LogP contribution in [0.25, 0.3) is 0 Å². The van der Waals surface area contributed by atoms with E-state index in [4.69, 9.17) is 4.74 Å². The fourth-order valence-electron chi connectivity index (χ4n) is 1.81. The van der Waals surface area contributed by atoms with E-state index in [9.17, 15) is 9.59 Å². The van der Waals surface area contributed by atoms with E-state index >= 15 is 0 Å². The molecule has 4 nitrogen and oxygen atoms in total. The lowest BCUT2D eigenvalue weighted by Crippen LogP contribution is -2.35. The summed E-state index contributed by atoms with van der Waals surface area (Å²) in [4.78, 5) is 24.1. The van der Waals surface area contributed by atoms with Crippen LogP contribution in [-0.4, -0.2) is 36.0 Å². The number of hydrogen-bond acceptors (Lipinski definition) is 3. The van der Waals surface area contributed by atoms with Crippen molar-refractivity contribution in [3.8, 4) is 0 Å². The van der Waals surface area contributed by atoms with Gasteiger partial charge < -0.3 is 4.74 Å². The van der Waals surface area contributed by atoms with Gasteiger partial charge in [-0.25, -0.2) is 0 Å². The first-order chi connectivity index (χ1) is 5.77. The van der Waals surface area contributed by atoms with Crippen LogP contribution >= 0.6 is 0 Å². The zero-order valence-electron chi connectivity index (χ0n) is 6.53. The van der Waals surface area contributed by atoms with Crippen LogP contribution in [0.3, 0.4) is 0 Å². The van der Waals surface area contributed by atoms with Crippen LogP contribution in [0.1, 0.15) is 6.42 Å². The maximum absolute atomic E-state index is 11.4. The van der Waals surface area contributed by atoms with Crippen molar-refractivity contribution < 1.29 is 14.3 Å². The molecule has 0 radical (unpaired) electrons. The van der Waals surface area contributed by atoms with Gasteiger partial charge in [-0.05, 0) is 6.42 Å². The molecule has 12 heavy (non-hydrogen) atoms. The summed E-state index contributed by atoms with van der Waals surface area (Å²) in [6, 6.07) is 0. The molecule has 0 aromatic carbocycles. The number of rotatable bonds is 2. The molecule has 1 aliphatic carbocycles. The molecule has 3 unspecified atom stereocenters. The highest BCUT2D eigenvalue weighted by Gasteiger charge is 2.59. The fraction of sp³-hybridized carbons (Fsp3) is 0.750. The Kier molecular flexibility index (Phi) is 1.03. The molecule has 2 aliphatic heterocycles. The van der Waals surface area contributed by atoms with E-state index in [0.717, 1.165) is 6.42 Å². The predicted molar refractivity (Wildman–Crippen MR) is 38.1 cm³/mol. The number of hydrogen-bond donors (Lipinski definition) is 0. The summed E-state index contributed by atoms with van der Waals surface area (Å²) in [6.45, 7) is 1.19. The number of fused-ring (bicyclic) bond motifs is 1. The van der Waals surface area contributed by atoms with Crippen molar-refractivity contribution in [3.05, 3.63) is 0 Å². The van der Waals surface area contributed by atoms with Crippen LogP contribution in [0.15, 0.2) is 0 Å². The van der Waals surface area contributed by atoms with Gasteiger partial charge in [0.1, 0.15) is 0 Å². The molecule has 2 heterocycles. The Hall–Kier alpha value is -0.900. The van der Waals surface area contributed by atoms with E-state index in [0.29, 0.717) is 13.2 Å². The van der Waals surface area contributed by atoms with Gasteiger partial charge in [0.25, 0.3) is 0 Å². The van der Waals surface area contributed by atoms with Crippen molar-refractivity contribution in [1.29, 1.82) is 0 Å². The van der Waals surface area contributed by atoms with Gasteiger partial charge in [-0.1, -0.05) is 0 Å². The zero-order valence-corrected chi connectivity index (χ0v) is 6.53. The molecule has 0 bridgehead atoms. The highest BCUT2D eigenvalue weighted by atomic mass is 16.6. The van der Waals surface area contributed by atoms with Crippen molar-refractivity contribution in [2.75, 3.05) is 13.2 Å². The zero-order chi connectivity index (χ0) is 8.29. The second-order valence-electron chi connectivity index (χ2n) is 3.69. The van der Waals surface area contributed by atoms with E-state index in [1.165, 1.54) is 4.90 Å². The number of carbonyl (C=O) groups is 2. The molecular formula is C8H9NO3. The van der Waals surface area contributed by atoms with E-state index in [2.05, 4.69) is 0 Å². The van der Waals surface area contributed by atoms with Crippen LogP contribution in [0.4, 0.5) is 0 Å². The minimum absolute atomic E-state index is 0.0282. The Morgan fingerprint density at radius 3 is 2.42 bits per heavy atom. The molecule has 64 valence electrons. The van der Waals surface area contributed by atoms with Gasteiger partial charge in [-0.15, -0.1) is 0 Å². The van der Waals surface area contributed by atoms with Crippen LogP contribution in [0, 0.1) is 11.8 Å². The van der Waals surface area contributed by atoms with Gasteiger partial charge in [0.2, 0.25) is 11.8 Å². The van der Waals surface area contributed by atoms with E-state index in [1.807, 2.05) is 0 Å². The second-order valence-corrected chi connectivity index (χ2v) is 3.69. The highest BCUT2D eigenvalue weighted by molar-refractivity contribution is 6.08. The summed E-state index contributed by atoms with van der Waals surface area (Å²) in [5, 5.41) is 0. The van der Waals surface area contributed by atoms with E-state index in [1.54, 1.807) is 0 Å². The summed E-state index contributed by atoms with van der Waals surface area (Å²) < 4.78 is 4.97. The maximum atomic E-state index is 11.4. The molecular weight excluding hydrogens is 158 g/mol. The summed E-state index contributed by atoms with van der Waals surface area (Å²) in [5.41, 5.74) is 0. The van der Waals surface area contributed by atoms with Gasteiger partial charge in [0.15, 0.2) is 0 Å². The van der Waals surface area contributed by atoms with Gasteiger partial charge in [-0.3, -0.25) is 14.5 Å². The number of carbonyl (C=O) groups excluding carboxylic acids is 2. The summed E-state index contributed by atoms with van der Waals surface area (Å²) in [5.74, 6) is 0.133. The summed E-state index contributed by atoms with van der Waals surface area (Å²) in [6.07, 6.45) is 0.926. The molecule has 3 atom stereocenters. The van der Waals surface area contributed by atoms with Crippen molar-refractivity contribution in [1.82, 2.24) is 4.90 Å². The fourth-order valence-corrected chi connectivity index (χ4v) is 1.81. The Labute approximate surface area is 69.5 Å². The van der Waals surface area contributed by atoms with Gasteiger partial charge in [0.05, 0.1) is 31.1 Å². The number of piperidine rings is 1. The number of imide groups is 1. The molecule has 1 saturated carbocycles. The van der Waals surface area contributed by atoms with Crippen molar-refractivity contribution in [2.45, 2.75) is 12.5 Å². The Morgan fingerprint density at radius 2 is 1.92 bits per heavy atom. The molecule has 3 fully saturated rings. The Morgan fingerprint density at radius 1 is 1.33 bits per heavy atom. The van der Waals surface area contributed by atoms with Gasteiger partial charge in [-0.2, -0.15) is 0 Å². The third-order valence-electron chi connectivity index (χ3n) is 2.75. The van der Waals surface area contributed by atoms with Crippen LogP contribution in [0.5, 0.6) is 0 Å². The smallest absolute Gasteiger partial charge is 0.233 e. The van der Waals surface area contributed by atoms with E-state index in [-0.39, 0.29) is 29.8 Å². The van der Waals surface area contributed by atoms with E-state index < -0.39 is 0 Å². The lowest BCUT2D eigenvalue weighted by molar-refractivity contribution is -0.141. The van der Waals surface area contributed by atoms with Crippen molar-refractivity contribution in [2.24, 2.45) is 11.8 Å². The monoisotopic (exact) mass is 167 g/mol. The van der Waals surface area contributed by atoms with Crippen LogP contribution in [-0.2, 0) is 14.3 Å². The Balaban J connectivity index is 1.76. The predicted octanol–water partition coefficient (Wildman–Crippen LogP) is -0.610. The summed E-state index contributed by atoms with van der Waals surface area (Å²) in [7, 11) is 0. The lowest BCUT2D eigenvalue weighted by atomic mass is 10.3. The molecule has 0 aromatic heterocycles. The van der Waals surface area contributed by atoms with Gasteiger partial charge in [0, 0.05) is 0 Å². The number of likely N-dealkylation sites (tertiary alicyclic amines) is 1. The average molecular weight is 167 g/mol. The first-order valence-corrected chi connectivity index (χ1v) is 4.24. The highest BCUT2D eigenvalue weighted by Crippen LogP contribution is 2.47. The second kappa shape index (κ2) is 1.88. The quantitative estimate of drug-likeness (QED) is 0.407. The molecule has 0 spiro atoms. The Bertz CT molecular complexity index is 251. The minimum Gasteiger partial charge on any atom is -0.371 e. The third-order valence-corrected chi connectivity index (χ3v) is 2.75. The lowest BCUT2D eigenvalue weighted by Gasteiger charge is -2.13. The van der Waals surface area contributed by atoms with Gasteiger partial charge >= 0.3 is 0 Å². The number of epoxide rings is 1. The summed E-state index contributed by atoms with van der Waals surface area (Å²) >= 11 is 0. The maximum Gasteiger partial charge on any atom is 0.233 e. The molecule has 3 aliphatic rings. The number of nitrogens with zero attached hydrogens (tertiary/aromatic N) is 1. The largest absolute Gasteiger partial charge is 0.371 e. The topological polar surface area (TPSA) is 49.9 Å². The number of ether oxygens (including phenoxy) is 1. The minimum atomic E-state index is 0.0282. The number of amides is 2. The molecule has 4 heteroatoms. The molecule has 0 N–H and O–H groups in total. The third kappa shape index (κ3) is 0.756. The standard InChI is InChI=1S/C8H9NO3/c10-7-5-1-6(5)8(11)9(7)2-4-3-12-4/h4-6H,1-3H2. The van der Waals surface area contributed by atoms with Crippen molar-refractivity contribution in [3.63, 3.8) is 0 Å². The molecule has 2 saturated heterocycles. The van der Waals surface area contributed by atoms with Crippen molar-refractivity contribution >= 4 is 11.8 Å². The first-order valence-electron chi connectivity index (χ1n) is 4.24. The SMILES string of the molecule is O=C1C2CC2C(=O)N1CC1CO1.